The van der Waals surface area contributed by atoms with E-state index in [0.717, 1.165) is 18.7 Å². The van der Waals surface area contributed by atoms with Crippen LogP contribution in [0.1, 0.15) is 23.7 Å². The number of hydrogen-bond donors (Lipinski definition) is 3. The van der Waals surface area contributed by atoms with Crippen LogP contribution in [0.3, 0.4) is 0 Å². The largest absolute Gasteiger partial charge is 0.369 e. The van der Waals surface area contributed by atoms with Gasteiger partial charge in [0.05, 0.1) is 17.5 Å². The first kappa shape index (κ1) is 16.3. The van der Waals surface area contributed by atoms with Crippen molar-refractivity contribution in [2.45, 2.75) is 13.3 Å². The number of primary sulfonamides is 1. The standard InChI is InChI=1S/C11H17FN4O3S/c1-2-3-14-10-9(6-8(12)7-16-10)11(17)15-4-5-20(13,18)19/h6-7H,2-5H2,1H3,(H,14,16)(H,15,17)(H2,13,18,19). The summed E-state index contributed by atoms with van der Waals surface area (Å²) < 4.78 is 34.7. The van der Waals surface area contributed by atoms with E-state index in [4.69, 9.17) is 5.14 Å². The summed E-state index contributed by atoms with van der Waals surface area (Å²) in [5, 5.41) is 10.1. The number of carbonyl (C=O) groups is 1. The van der Waals surface area contributed by atoms with Gasteiger partial charge in [-0.25, -0.2) is 22.9 Å². The Morgan fingerprint density at radius 3 is 2.75 bits per heavy atom. The average Bonchev–Trinajstić information content (AvgIpc) is 2.35. The first-order valence-electron chi connectivity index (χ1n) is 6.01. The van der Waals surface area contributed by atoms with Gasteiger partial charge in [0.2, 0.25) is 10.0 Å². The van der Waals surface area contributed by atoms with Crippen LogP contribution >= 0.6 is 0 Å². The predicted octanol–water partition coefficient (Wildman–Crippen LogP) is 0.0609. The average molecular weight is 304 g/mol. The molecule has 1 aromatic rings. The molecule has 0 aliphatic heterocycles. The van der Waals surface area contributed by atoms with E-state index in [1.807, 2.05) is 6.92 Å². The molecule has 0 saturated heterocycles. The zero-order valence-corrected chi connectivity index (χ0v) is 11.8. The summed E-state index contributed by atoms with van der Waals surface area (Å²) >= 11 is 0. The van der Waals surface area contributed by atoms with E-state index in [9.17, 15) is 17.6 Å². The van der Waals surface area contributed by atoms with E-state index in [1.165, 1.54) is 0 Å². The fraction of sp³-hybridized carbons (Fsp3) is 0.455. The molecule has 1 amide bonds. The molecule has 112 valence electrons. The number of hydrogen-bond acceptors (Lipinski definition) is 5. The van der Waals surface area contributed by atoms with E-state index in [0.29, 0.717) is 6.54 Å². The van der Waals surface area contributed by atoms with E-state index in [2.05, 4.69) is 15.6 Å². The van der Waals surface area contributed by atoms with E-state index in [-0.39, 0.29) is 23.7 Å². The number of nitrogens with one attached hydrogen (secondary N) is 2. The smallest absolute Gasteiger partial charge is 0.255 e. The molecule has 0 saturated carbocycles. The molecule has 0 aromatic carbocycles. The fourth-order valence-electron chi connectivity index (χ4n) is 1.40. The summed E-state index contributed by atoms with van der Waals surface area (Å²) in [5.41, 5.74) is 0.0212. The quantitative estimate of drug-likeness (QED) is 0.659. The number of aromatic nitrogens is 1. The lowest BCUT2D eigenvalue weighted by molar-refractivity contribution is 0.0956. The Kier molecular flexibility index (Phi) is 5.83. The van der Waals surface area contributed by atoms with Crippen molar-refractivity contribution in [3.05, 3.63) is 23.6 Å². The second-order valence-corrected chi connectivity index (χ2v) is 5.83. The van der Waals surface area contributed by atoms with E-state index >= 15 is 0 Å². The Morgan fingerprint density at radius 1 is 1.45 bits per heavy atom. The number of sulfonamides is 1. The van der Waals surface area contributed by atoms with Crippen LogP contribution in [-0.4, -0.2) is 38.2 Å². The number of amides is 1. The van der Waals surface area contributed by atoms with Gasteiger partial charge in [-0.05, 0) is 12.5 Å². The molecule has 4 N–H and O–H groups in total. The van der Waals surface area contributed by atoms with Crippen LogP contribution in [0.5, 0.6) is 0 Å². The zero-order chi connectivity index (χ0) is 15.2. The third kappa shape index (κ3) is 5.49. The molecule has 0 unspecified atom stereocenters. The highest BCUT2D eigenvalue weighted by atomic mass is 32.2. The van der Waals surface area contributed by atoms with Crippen LogP contribution in [0, 0.1) is 5.82 Å². The molecule has 0 spiro atoms. The Labute approximate surface area is 116 Å². The zero-order valence-electron chi connectivity index (χ0n) is 11.0. The van der Waals surface area contributed by atoms with Crippen molar-refractivity contribution in [3.8, 4) is 0 Å². The number of carbonyl (C=O) groups excluding carboxylic acids is 1. The minimum atomic E-state index is -3.65. The lowest BCUT2D eigenvalue weighted by Crippen LogP contribution is -2.32. The van der Waals surface area contributed by atoms with E-state index < -0.39 is 21.7 Å². The van der Waals surface area contributed by atoms with Crippen molar-refractivity contribution in [3.63, 3.8) is 0 Å². The molecular weight excluding hydrogens is 287 g/mol. The molecule has 0 atom stereocenters. The molecule has 0 aliphatic carbocycles. The lowest BCUT2D eigenvalue weighted by Gasteiger charge is -2.10. The van der Waals surface area contributed by atoms with Gasteiger partial charge in [-0.2, -0.15) is 0 Å². The molecule has 1 rings (SSSR count). The summed E-state index contributed by atoms with van der Waals surface area (Å²) in [6.45, 7) is 2.36. The molecule has 20 heavy (non-hydrogen) atoms. The Balaban J connectivity index is 2.77. The SMILES string of the molecule is CCCNc1ncc(F)cc1C(=O)NCCS(N)(=O)=O. The van der Waals surface area contributed by atoms with Crippen LogP contribution in [0.4, 0.5) is 10.2 Å². The third-order valence-electron chi connectivity index (χ3n) is 2.31. The third-order valence-corrected chi connectivity index (χ3v) is 3.09. The topological polar surface area (TPSA) is 114 Å². The molecular formula is C11H17FN4O3S. The second-order valence-electron chi connectivity index (χ2n) is 4.10. The van der Waals surface area contributed by atoms with Crippen LogP contribution in [0.15, 0.2) is 12.3 Å². The normalized spacial score (nSPS) is 11.2. The minimum absolute atomic E-state index is 0.0212. The lowest BCUT2D eigenvalue weighted by atomic mass is 10.2. The van der Waals surface area contributed by atoms with Crippen LogP contribution in [-0.2, 0) is 10.0 Å². The molecule has 0 aliphatic rings. The van der Waals surface area contributed by atoms with Crippen molar-refractivity contribution in [1.29, 1.82) is 0 Å². The van der Waals surface area contributed by atoms with E-state index in [1.54, 1.807) is 0 Å². The van der Waals surface area contributed by atoms with Gasteiger partial charge in [-0.15, -0.1) is 0 Å². The summed E-state index contributed by atoms with van der Waals surface area (Å²) in [7, 11) is -3.65. The van der Waals surface area contributed by atoms with Gasteiger partial charge >= 0.3 is 0 Å². The highest BCUT2D eigenvalue weighted by molar-refractivity contribution is 7.89. The maximum absolute atomic E-state index is 13.2. The molecule has 9 heteroatoms. The summed E-state index contributed by atoms with van der Waals surface area (Å²) in [6.07, 6.45) is 1.81. The van der Waals surface area contributed by atoms with Crippen molar-refractivity contribution in [1.82, 2.24) is 10.3 Å². The van der Waals surface area contributed by atoms with Crippen LogP contribution in [0.25, 0.3) is 0 Å². The number of rotatable bonds is 7. The first-order valence-corrected chi connectivity index (χ1v) is 7.73. The number of anilines is 1. The highest BCUT2D eigenvalue weighted by Crippen LogP contribution is 2.13. The molecule has 0 radical (unpaired) electrons. The molecule has 1 aromatic heterocycles. The van der Waals surface area contributed by atoms with Crippen LogP contribution in [0.2, 0.25) is 0 Å². The summed E-state index contributed by atoms with van der Waals surface area (Å²) in [6, 6.07) is 1.04. The van der Waals surface area contributed by atoms with Gasteiger partial charge in [0.25, 0.3) is 5.91 Å². The second kappa shape index (κ2) is 7.15. The molecule has 0 fully saturated rings. The van der Waals surface area contributed by atoms with Gasteiger partial charge < -0.3 is 10.6 Å². The van der Waals surface area contributed by atoms with Crippen molar-refractivity contribution >= 4 is 21.7 Å². The van der Waals surface area contributed by atoms with Gasteiger partial charge in [0.15, 0.2) is 0 Å². The summed E-state index contributed by atoms with van der Waals surface area (Å²) in [4.78, 5) is 15.7. The van der Waals surface area contributed by atoms with Crippen molar-refractivity contribution < 1.29 is 17.6 Å². The number of nitrogens with two attached hydrogens (primary N) is 1. The number of nitrogens with zero attached hydrogens (tertiary/aromatic N) is 1. The predicted molar refractivity (Wildman–Crippen MR) is 73.3 cm³/mol. The van der Waals surface area contributed by atoms with Gasteiger partial charge in [0.1, 0.15) is 11.6 Å². The van der Waals surface area contributed by atoms with Crippen LogP contribution < -0.4 is 15.8 Å². The fourth-order valence-corrected chi connectivity index (χ4v) is 1.79. The number of halogens is 1. The van der Waals surface area contributed by atoms with Gasteiger partial charge in [0, 0.05) is 13.1 Å². The molecule has 0 bridgehead atoms. The first-order chi connectivity index (χ1) is 9.33. The molecule has 1 heterocycles. The maximum atomic E-state index is 13.2. The maximum Gasteiger partial charge on any atom is 0.255 e. The minimum Gasteiger partial charge on any atom is -0.369 e. The molecule has 7 nitrogen and oxygen atoms in total. The monoisotopic (exact) mass is 304 g/mol. The van der Waals surface area contributed by atoms with Crippen molar-refractivity contribution in [2.75, 3.05) is 24.2 Å². The number of pyridine rings is 1. The van der Waals surface area contributed by atoms with Crippen molar-refractivity contribution in [2.24, 2.45) is 5.14 Å². The Bertz CT molecular complexity index is 577. The van der Waals surface area contributed by atoms with Gasteiger partial charge in [-0.1, -0.05) is 6.92 Å². The summed E-state index contributed by atoms with van der Waals surface area (Å²) in [5.74, 6) is -1.40. The Hall–Kier alpha value is -1.74. The highest BCUT2D eigenvalue weighted by Gasteiger charge is 2.14. The van der Waals surface area contributed by atoms with Gasteiger partial charge in [-0.3, -0.25) is 4.79 Å². The Morgan fingerprint density at radius 2 is 2.15 bits per heavy atom.